The predicted octanol–water partition coefficient (Wildman–Crippen LogP) is 2.42. The second-order valence-electron chi connectivity index (χ2n) is 3.55. The molecule has 1 heterocycles. The van der Waals surface area contributed by atoms with Gasteiger partial charge in [-0.25, -0.2) is 4.79 Å². The summed E-state index contributed by atoms with van der Waals surface area (Å²) in [4.78, 5) is 13.2. The molecule has 1 unspecified atom stereocenters. The van der Waals surface area contributed by atoms with Crippen LogP contribution in [0.3, 0.4) is 0 Å². The molecule has 86 valence electrons. The number of nitrogens with zero attached hydrogens (tertiary/aromatic N) is 1. The predicted molar refractivity (Wildman–Crippen MR) is 63.6 cm³/mol. The minimum absolute atomic E-state index is 0.179. The number of ether oxygens (including phenoxy) is 2. The average molecular weight is 286 g/mol. The molecule has 1 aromatic carbocycles. The lowest BCUT2D eigenvalue weighted by Crippen LogP contribution is -2.25. The fraction of sp³-hybridized carbons (Fsp3) is 0.364. The van der Waals surface area contributed by atoms with Crippen molar-refractivity contribution < 1.29 is 14.3 Å². The Bertz CT molecular complexity index is 379. The smallest absolute Gasteiger partial charge is 0.414 e. The summed E-state index contributed by atoms with van der Waals surface area (Å²) >= 11 is 3.35. The van der Waals surface area contributed by atoms with Crippen LogP contribution in [-0.2, 0) is 9.47 Å². The highest BCUT2D eigenvalue weighted by Crippen LogP contribution is 2.23. The van der Waals surface area contributed by atoms with Gasteiger partial charge in [0.15, 0.2) is 0 Å². The van der Waals surface area contributed by atoms with Gasteiger partial charge in [-0.3, -0.25) is 4.90 Å². The monoisotopic (exact) mass is 285 g/mol. The van der Waals surface area contributed by atoms with Gasteiger partial charge in [0.05, 0.1) is 13.2 Å². The maximum Gasteiger partial charge on any atom is 0.414 e. The van der Waals surface area contributed by atoms with E-state index in [1.165, 1.54) is 0 Å². The lowest BCUT2D eigenvalue weighted by atomic mass is 10.3. The molecule has 1 saturated heterocycles. The molecule has 0 aliphatic carbocycles. The quantitative estimate of drug-likeness (QED) is 0.856. The van der Waals surface area contributed by atoms with E-state index in [1.807, 2.05) is 24.3 Å². The van der Waals surface area contributed by atoms with Crippen LogP contribution in [0.4, 0.5) is 10.5 Å². The average Bonchev–Trinajstić information content (AvgIpc) is 2.61. The molecule has 1 aliphatic heterocycles. The van der Waals surface area contributed by atoms with Gasteiger partial charge < -0.3 is 9.47 Å². The summed E-state index contributed by atoms with van der Waals surface area (Å²) in [6, 6.07) is 7.54. The van der Waals surface area contributed by atoms with Crippen LogP contribution in [-0.4, -0.2) is 32.5 Å². The van der Waals surface area contributed by atoms with Gasteiger partial charge in [-0.05, 0) is 24.3 Å². The van der Waals surface area contributed by atoms with Crippen LogP contribution < -0.4 is 4.90 Å². The first-order chi connectivity index (χ1) is 7.70. The van der Waals surface area contributed by atoms with Crippen LogP contribution in [0.5, 0.6) is 0 Å². The first kappa shape index (κ1) is 11.4. The highest BCUT2D eigenvalue weighted by atomic mass is 79.9. The molecule has 1 fully saturated rings. The van der Waals surface area contributed by atoms with Crippen LogP contribution >= 0.6 is 15.9 Å². The Morgan fingerprint density at radius 3 is 2.81 bits per heavy atom. The maximum absolute atomic E-state index is 11.6. The number of carbonyl (C=O) groups excluding carboxylic acids is 1. The topological polar surface area (TPSA) is 38.8 Å². The molecule has 0 spiro atoms. The summed E-state index contributed by atoms with van der Waals surface area (Å²) in [5, 5.41) is 0. The minimum atomic E-state index is -0.315. The van der Waals surface area contributed by atoms with E-state index in [9.17, 15) is 4.79 Å². The Labute approximate surface area is 102 Å². The number of carbonyl (C=O) groups is 1. The molecule has 1 atom stereocenters. The first-order valence-corrected chi connectivity index (χ1v) is 5.72. The van der Waals surface area contributed by atoms with E-state index in [0.717, 1.165) is 10.2 Å². The molecule has 2 rings (SSSR count). The number of cyclic esters (lactones) is 1. The summed E-state index contributed by atoms with van der Waals surface area (Å²) in [5.41, 5.74) is 0.840. The highest BCUT2D eigenvalue weighted by Gasteiger charge is 2.31. The number of hydrogen-bond donors (Lipinski definition) is 0. The number of halogens is 1. The van der Waals surface area contributed by atoms with Crippen LogP contribution in [0.1, 0.15) is 0 Å². The van der Waals surface area contributed by atoms with Crippen molar-refractivity contribution in [2.45, 2.75) is 6.10 Å². The van der Waals surface area contributed by atoms with Crippen molar-refractivity contribution in [3.05, 3.63) is 28.7 Å². The Hall–Kier alpha value is -1.07. The van der Waals surface area contributed by atoms with Crippen molar-refractivity contribution in [2.75, 3.05) is 25.2 Å². The standard InChI is InChI=1S/C11H12BrNO3/c1-15-7-10-6-13(11(14)16-10)9-4-2-8(12)3-5-9/h2-5,10H,6-7H2,1H3. The van der Waals surface area contributed by atoms with E-state index in [0.29, 0.717) is 13.2 Å². The third kappa shape index (κ3) is 2.36. The molecule has 0 aromatic heterocycles. The molecule has 5 heteroatoms. The fourth-order valence-corrected chi connectivity index (χ4v) is 1.89. The number of hydrogen-bond acceptors (Lipinski definition) is 3. The van der Waals surface area contributed by atoms with E-state index >= 15 is 0 Å². The summed E-state index contributed by atoms with van der Waals surface area (Å²) < 4.78 is 11.1. The van der Waals surface area contributed by atoms with Crippen LogP contribution in [0.25, 0.3) is 0 Å². The van der Waals surface area contributed by atoms with Crippen LogP contribution in [0.15, 0.2) is 28.7 Å². The summed E-state index contributed by atoms with van der Waals surface area (Å²) in [5.74, 6) is 0. The van der Waals surface area contributed by atoms with Crippen LogP contribution in [0, 0.1) is 0 Å². The lowest BCUT2D eigenvalue weighted by Gasteiger charge is -2.12. The molecular formula is C11H12BrNO3. The van der Waals surface area contributed by atoms with Crippen molar-refractivity contribution in [1.29, 1.82) is 0 Å². The van der Waals surface area contributed by atoms with Crippen molar-refractivity contribution >= 4 is 27.7 Å². The summed E-state index contributed by atoms with van der Waals surface area (Å²) in [6.07, 6.45) is -0.495. The Kier molecular flexibility index (Phi) is 3.46. The molecule has 1 aliphatic rings. The molecule has 4 nitrogen and oxygen atoms in total. The second-order valence-corrected chi connectivity index (χ2v) is 4.46. The van der Waals surface area contributed by atoms with Crippen LogP contribution in [0.2, 0.25) is 0 Å². The Balaban J connectivity index is 2.10. The van der Waals surface area contributed by atoms with Crippen molar-refractivity contribution in [3.63, 3.8) is 0 Å². The lowest BCUT2D eigenvalue weighted by molar-refractivity contribution is 0.0718. The minimum Gasteiger partial charge on any atom is -0.441 e. The first-order valence-electron chi connectivity index (χ1n) is 4.93. The molecule has 0 bridgehead atoms. The maximum atomic E-state index is 11.6. The zero-order valence-electron chi connectivity index (χ0n) is 8.85. The molecule has 1 amide bonds. The van der Waals surface area contributed by atoms with Crippen molar-refractivity contribution in [1.82, 2.24) is 0 Å². The van der Waals surface area contributed by atoms with Gasteiger partial charge in [0.25, 0.3) is 0 Å². The van der Waals surface area contributed by atoms with Gasteiger partial charge in [0.1, 0.15) is 6.10 Å². The van der Waals surface area contributed by atoms with Crippen molar-refractivity contribution in [2.24, 2.45) is 0 Å². The number of amides is 1. The second kappa shape index (κ2) is 4.84. The molecule has 1 aromatic rings. The largest absolute Gasteiger partial charge is 0.441 e. The van der Waals surface area contributed by atoms with Gasteiger partial charge >= 0.3 is 6.09 Å². The number of benzene rings is 1. The number of anilines is 1. The van der Waals surface area contributed by atoms with Gasteiger partial charge in [-0.1, -0.05) is 15.9 Å². The normalized spacial score (nSPS) is 20.0. The zero-order valence-corrected chi connectivity index (χ0v) is 10.4. The number of rotatable bonds is 3. The van der Waals surface area contributed by atoms with Gasteiger partial charge in [0.2, 0.25) is 0 Å². The fourth-order valence-electron chi connectivity index (χ4n) is 1.63. The highest BCUT2D eigenvalue weighted by molar-refractivity contribution is 9.10. The summed E-state index contributed by atoms with van der Waals surface area (Å²) in [7, 11) is 1.59. The van der Waals surface area contributed by atoms with E-state index in [-0.39, 0.29) is 12.2 Å². The molecule has 0 radical (unpaired) electrons. The third-order valence-electron chi connectivity index (χ3n) is 2.36. The Morgan fingerprint density at radius 1 is 1.50 bits per heavy atom. The number of methoxy groups -OCH3 is 1. The molecular weight excluding hydrogens is 274 g/mol. The Morgan fingerprint density at radius 2 is 2.19 bits per heavy atom. The van der Waals surface area contributed by atoms with Gasteiger partial charge in [-0.15, -0.1) is 0 Å². The van der Waals surface area contributed by atoms with Gasteiger partial charge in [-0.2, -0.15) is 0 Å². The zero-order chi connectivity index (χ0) is 11.5. The summed E-state index contributed by atoms with van der Waals surface area (Å²) in [6.45, 7) is 0.965. The third-order valence-corrected chi connectivity index (χ3v) is 2.89. The van der Waals surface area contributed by atoms with E-state index in [2.05, 4.69) is 15.9 Å². The molecule has 0 N–H and O–H groups in total. The molecule has 0 saturated carbocycles. The van der Waals surface area contributed by atoms with E-state index in [4.69, 9.17) is 9.47 Å². The van der Waals surface area contributed by atoms with Gasteiger partial charge in [0, 0.05) is 17.3 Å². The SMILES string of the molecule is COCC1CN(c2ccc(Br)cc2)C(=O)O1. The van der Waals surface area contributed by atoms with Crippen molar-refractivity contribution in [3.8, 4) is 0 Å². The van der Waals surface area contributed by atoms with E-state index in [1.54, 1.807) is 12.0 Å². The molecule has 16 heavy (non-hydrogen) atoms. The van der Waals surface area contributed by atoms with E-state index < -0.39 is 0 Å².